The molecule has 10 rings (SSSR count). The van der Waals surface area contributed by atoms with E-state index >= 15 is 0 Å². The Balaban J connectivity index is 0.000000182. The van der Waals surface area contributed by atoms with Gasteiger partial charge in [0.25, 0.3) is 0 Å². The highest BCUT2D eigenvalue weighted by atomic mass is 35.5. The third-order valence-electron chi connectivity index (χ3n) is 14.2. The Bertz CT molecular complexity index is 3170. The van der Waals surface area contributed by atoms with Crippen LogP contribution in [-0.2, 0) is 39.5 Å². The van der Waals surface area contributed by atoms with Gasteiger partial charge in [-0.15, -0.1) is 0 Å². The second-order valence-electron chi connectivity index (χ2n) is 21.4. The first-order valence-corrected chi connectivity index (χ1v) is 26.1. The Morgan fingerprint density at radius 2 is 1.11 bits per heavy atom. The van der Waals surface area contributed by atoms with Crippen molar-refractivity contribution in [3.63, 3.8) is 0 Å². The number of ketones is 2. The van der Waals surface area contributed by atoms with Gasteiger partial charge < -0.3 is 29.9 Å². The molecule has 2 N–H and O–H groups in total. The number of fused-ring (bicyclic) bond motifs is 4. The SMILES string of the molecule is CC(C)(C)OC(=O)N1CC=C(C2=CC(=O)C[C@@H](c3cccc(Cl)c3)[C@]23C(=O)Nc2cc(Cl)ccc23)CC1.CC(C)(C)OC(=O)N1CC=C(C2=C[C@@]3(C(=O)Nc4cc(Cl)ccc43)[C@H](c3cccc(Cl)c3)CC2=O)CC1. The number of allylic oxidation sites excluding steroid dienone is 2. The van der Waals surface area contributed by atoms with E-state index in [9.17, 15) is 28.8 Å². The van der Waals surface area contributed by atoms with Crippen molar-refractivity contribution in [3.05, 3.63) is 174 Å². The molecule has 0 radical (unpaired) electrons. The molecule has 0 saturated carbocycles. The van der Waals surface area contributed by atoms with Gasteiger partial charge in [0.15, 0.2) is 11.6 Å². The summed E-state index contributed by atoms with van der Waals surface area (Å²) in [6.45, 7) is 12.5. The maximum Gasteiger partial charge on any atom is 0.410 e. The summed E-state index contributed by atoms with van der Waals surface area (Å²) in [6.07, 6.45) is 7.77. The zero-order valence-electron chi connectivity index (χ0n) is 41.9. The second kappa shape index (κ2) is 20.2. The number of carbonyl (C=O) groups is 6. The van der Waals surface area contributed by atoms with E-state index < -0.39 is 33.9 Å². The van der Waals surface area contributed by atoms with Crippen molar-refractivity contribution < 1.29 is 38.2 Å². The largest absolute Gasteiger partial charge is 0.444 e. The standard InChI is InChI=1S/2C29H28Cl2N2O4/c1-28(2,3)37-27(36)33-11-9-17(10-12-33)21-16-29(22-8-7-20(31)14-24(22)32-26(29)35)23(15-25(21)34)18-5-4-6-19(30)13-18;1-28(2,3)37-27(36)33-11-9-17(10-12-33)23-15-21(34)16-24(18-5-4-6-19(30)13-18)29(23)22-8-7-20(31)14-25(22)32-26(29)35/h4-9,13-14,16,23H,10-12,15H2,1-3H3,(H,32,35);4-9,13-15,24H,10-12,16H2,1-3H3,(H,32,35)/t23-,29-;24-,29+/m00/s1. The lowest BCUT2D eigenvalue weighted by Gasteiger charge is -2.43. The molecule has 4 aromatic rings. The van der Waals surface area contributed by atoms with Crippen molar-refractivity contribution in [3.8, 4) is 0 Å². The predicted molar refractivity (Wildman–Crippen MR) is 288 cm³/mol. The fraction of sp³-hybridized carbons (Fsp3) is 0.345. The highest BCUT2D eigenvalue weighted by Crippen LogP contribution is 2.58. The third-order valence-corrected chi connectivity index (χ3v) is 15.2. The van der Waals surface area contributed by atoms with E-state index in [0.717, 1.165) is 33.4 Å². The second-order valence-corrected chi connectivity index (χ2v) is 23.2. The molecule has 384 valence electrons. The normalized spacial score (nSPS) is 23.4. The summed E-state index contributed by atoms with van der Waals surface area (Å²) in [5, 5.41) is 8.13. The van der Waals surface area contributed by atoms with Gasteiger partial charge >= 0.3 is 12.2 Å². The van der Waals surface area contributed by atoms with Crippen molar-refractivity contribution in [2.75, 3.05) is 36.8 Å². The van der Waals surface area contributed by atoms with E-state index in [-0.39, 0.29) is 48.4 Å². The van der Waals surface area contributed by atoms with E-state index in [1.807, 2.05) is 108 Å². The van der Waals surface area contributed by atoms with E-state index in [2.05, 4.69) is 10.6 Å². The van der Waals surface area contributed by atoms with Gasteiger partial charge in [0.2, 0.25) is 11.8 Å². The summed E-state index contributed by atoms with van der Waals surface area (Å²) in [6, 6.07) is 25.4. The lowest BCUT2D eigenvalue weighted by molar-refractivity contribution is -0.123. The topological polar surface area (TPSA) is 151 Å². The maximum absolute atomic E-state index is 14.0. The number of nitrogens with one attached hydrogen (secondary N) is 2. The van der Waals surface area contributed by atoms with Crippen LogP contribution in [-0.4, -0.2) is 82.7 Å². The van der Waals surface area contributed by atoms with Crippen LogP contribution >= 0.6 is 46.4 Å². The zero-order chi connectivity index (χ0) is 53.1. The number of carbonyl (C=O) groups excluding carboxylic acids is 6. The minimum Gasteiger partial charge on any atom is -0.444 e. The molecule has 74 heavy (non-hydrogen) atoms. The number of hydrogen-bond acceptors (Lipinski definition) is 8. The fourth-order valence-corrected chi connectivity index (χ4v) is 11.8. The Labute approximate surface area is 450 Å². The first-order chi connectivity index (χ1) is 35.0. The van der Waals surface area contributed by atoms with Crippen LogP contribution in [0.4, 0.5) is 21.0 Å². The fourth-order valence-electron chi connectivity index (χ4n) is 11.1. The molecule has 0 aromatic heterocycles. The molecule has 12 nitrogen and oxygen atoms in total. The molecular formula is C58H56Cl4N4O8. The highest BCUT2D eigenvalue weighted by molar-refractivity contribution is 6.32. The van der Waals surface area contributed by atoms with Crippen molar-refractivity contribution in [2.45, 2.75) is 101 Å². The molecule has 0 fully saturated rings. The van der Waals surface area contributed by atoms with Gasteiger partial charge in [-0.2, -0.15) is 0 Å². The van der Waals surface area contributed by atoms with E-state index in [1.165, 1.54) is 0 Å². The number of Topliss-reactive ketones (excluding diaryl/α,β-unsaturated/α-hetero) is 1. The van der Waals surface area contributed by atoms with Crippen molar-refractivity contribution in [1.82, 2.24) is 9.80 Å². The number of halogens is 4. The molecule has 4 amide bonds. The Morgan fingerprint density at radius 1 is 0.608 bits per heavy atom. The molecule has 4 aromatic carbocycles. The summed E-state index contributed by atoms with van der Waals surface area (Å²) in [4.78, 5) is 82.9. The minimum absolute atomic E-state index is 0.0391. The molecule has 4 heterocycles. The number of nitrogens with zero attached hydrogens (tertiary/aromatic N) is 2. The number of hydrogen-bond donors (Lipinski definition) is 2. The summed E-state index contributed by atoms with van der Waals surface area (Å²) in [5.41, 5.74) is 3.95. The van der Waals surface area contributed by atoms with Crippen LogP contribution in [0, 0.1) is 0 Å². The van der Waals surface area contributed by atoms with Gasteiger partial charge in [-0.05, 0) is 148 Å². The smallest absolute Gasteiger partial charge is 0.410 e. The third kappa shape index (κ3) is 10.2. The maximum atomic E-state index is 14.0. The Kier molecular flexibility index (Phi) is 14.4. The van der Waals surface area contributed by atoms with Crippen LogP contribution in [0.2, 0.25) is 20.1 Å². The van der Waals surface area contributed by atoms with Crippen LogP contribution in [0.3, 0.4) is 0 Å². The van der Waals surface area contributed by atoms with E-state index in [0.29, 0.717) is 81.6 Å². The van der Waals surface area contributed by atoms with Crippen molar-refractivity contribution >= 4 is 93.3 Å². The van der Waals surface area contributed by atoms with Gasteiger partial charge in [-0.3, -0.25) is 19.2 Å². The summed E-state index contributed by atoms with van der Waals surface area (Å²) in [7, 11) is 0. The predicted octanol–water partition coefficient (Wildman–Crippen LogP) is 12.9. The molecule has 4 atom stereocenters. The first kappa shape index (κ1) is 52.7. The average Bonchev–Trinajstić information content (AvgIpc) is 3.77. The number of benzene rings is 4. The monoisotopic (exact) mass is 1080 g/mol. The van der Waals surface area contributed by atoms with Crippen LogP contribution < -0.4 is 10.6 Å². The quantitative estimate of drug-likeness (QED) is 0.205. The van der Waals surface area contributed by atoms with E-state index in [4.69, 9.17) is 55.9 Å². The lowest BCUT2D eigenvalue weighted by atomic mass is 9.57. The molecule has 2 spiro atoms. The molecule has 0 saturated heterocycles. The van der Waals surface area contributed by atoms with Gasteiger partial charge in [0, 0.05) is 87.9 Å². The van der Waals surface area contributed by atoms with E-state index in [1.54, 1.807) is 52.3 Å². The van der Waals surface area contributed by atoms with Crippen LogP contribution in [0.15, 0.2) is 132 Å². The molecule has 16 heteroatoms. The number of amides is 4. The van der Waals surface area contributed by atoms with Gasteiger partial charge in [-0.1, -0.05) is 101 Å². The summed E-state index contributed by atoms with van der Waals surface area (Å²) < 4.78 is 11.0. The van der Waals surface area contributed by atoms with Crippen LogP contribution in [0.25, 0.3) is 0 Å². The van der Waals surface area contributed by atoms with Crippen LogP contribution in [0.1, 0.15) is 101 Å². The van der Waals surface area contributed by atoms with Gasteiger partial charge in [0.05, 0.1) is 0 Å². The molecule has 2 aliphatic carbocycles. The molecule has 0 bridgehead atoms. The molecule has 4 aliphatic heterocycles. The summed E-state index contributed by atoms with van der Waals surface area (Å²) >= 11 is 25.2. The molecular weight excluding hydrogens is 1020 g/mol. The highest BCUT2D eigenvalue weighted by Gasteiger charge is 2.59. The van der Waals surface area contributed by atoms with Crippen LogP contribution in [0.5, 0.6) is 0 Å². The molecule has 6 aliphatic rings. The average molecular weight is 1080 g/mol. The minimum atomic E-state index is -1.14. The van der Waals surface area contributed by atoms with Gasteiger partial charge in [-0.25, -0.2) is 9.59 Å². The molecule has 0 unspecified atom stereocenters. The lowest BCUT2D eigenvalue weighted by Crippen LogP contribution is -2.47. The Morgan fingerprint density at radius 3 is 1.64 bits per heavy atom. The number of anilines is 2. The zero-order valence-corrected chi connectivity index (χ0v) is 44.9. The first-order valence-electron chi connectivity index (χ1n) is 24.6. The Hall–Kier alpha value is -6.18. The summed E-state index contributed by atoms with van der Waals surface area (Å²) in [5.74, 6) is -1.41. The van der Waals surface area contributed by atoms with Crippen molar-refractivity contribution in [1.29, 1.82) is 0 Å². The number of rotatable bonds is 4. The number of ether oxygens (including phenoxy) is 2. The van der Waals surface area contributed by atoms with Gasteiger partial charge in [0.1, 0.15) is 22.0 Å². The van der Waals surface area contributed by atoms with Crippen molar-refractivity contribution in [2.24, 2.45) is 0 Å².